The Morgan fingerprint density at radius 3 is 2.61 bits per heavy atom. The first-order chi connectivity index (χ1) is 11.1. The average molecular weight is 346 g/mol. The second kappa shape index (κ2) is 6.85. The highest BCUT2D eigenvalue weighted by molar-refractivity contribution is 8.00. The van der Waals surface area contributed by atoms with Crippen molar-refractivity contribution in [1.82, 2.24) is 10.2 Å². The van der Waals surface area contributed by atoms with Crippen molar-refractivity contribution in [3.05, 3.63) is 65.2 Å². The monoisotopic (exact) mass is 345 g/mol. The molecule has 1 atom stereocenters. The van der Waals surface area contributed by atoms with Gasteiger partial charge in [0.05, 0.1) is 0 Å². The van der Waals surface area contributed by atoms with Crippen LogP contribution in [0.3, 0.4) is 0 Å². The van der Waals surface area contributed by atoms with E-state index < -0.39 is 11.2 Å². The molecule has 0 saturated heterocycles. The van der Waals surface area contributed by atoms with Gasteiger partial charge in [0.1, 0.15) is 5.25 Å². The number of halogens is 1. The lowest BCUT2D eigenvalue weighted by Gasteiger charge is -2.10. The Morgan fingerprint density at radius 1 is 1.13 bits per heavy atom. The number of amides is 1. The summed E-state index contributed by atoms with van der Waals surface area (Å²) in [5.74, 6) is -0.130. The van der Waals surface area contributed by atoms with E-state index in [9.17, 15) is 4.79 Å². The first kappa shape index (κ1) is 15.6. The molecule has 23 heavy (non-hydrogen) atoms. The van der Waals surface area contributed by atoms with Gasteiger partial charge in [-0.15, -0.1) is 10.2 Å². The average Bonchev–Trinajstić information content (AvgIpc) is 3.02. The molecule has 1 amide bonds. The molecule has 7 heteroatoms. The highest BCUT2D eigenvalue weighted by Gasteiger charge is 2.22. The summed E-state index contributed by atoms with van der Waals surface area (Å²) in [6, 6.07) is 16.3. The van der Waals surface area contributed by atoms with Gasteiger partial charge in [-0.2, -0.15) is 0 Å². The van der Waals surface area contributed by atoms with E-state index >= 15 is 0 Å². The first-order valence-electron chi connectivity index (χ1n) is 6.74. The molecule has 5 nitrogen and oxygen atoms in total. The minimum absolute atomic E-state index is 0.271. The van der Waals surface area contributed by atoms with Gasteiger partial charge in [0.15, 0.2) is 0 Å². The number of carbonyl (C=O) groups excluding carboxylic acids is 1. The molecule has 0 unspecified atom stereocenters. The lowest BCUT2D eigenvalue weighted by Crippen LogP contribution is -2.18. The van der Waals surface area contributed by atoms with Crippen molar-refractivity contribution in [3.8, 4) is 11.5 Å². The number of hydrogen-bond acceptors (Lipinski definition) is 5. The lowest BCUT2D eigenvalue weighted by atomic mass is 10.1. The van der Waals surface area contributed by atoms with E-state index in [1.165, 1.54) is 0 Å². The van der Waals surface area contributed by atoms with Gasteiger partial charge in [-0.3, -0.25) is 4.79 Å². The molecule has 0 aliphatic rings. The van der Waals surface area contributed by atoms with Crippen molar-refractivity contribution in [2.45, 2.75) is 10.5 Å². The Morgan fingerprint density at radius 2 is 1.91 bits per heavy atom. The molecule has 2 N–H and O–H groups in total. The number of primary amides is 1. The van der Waals surface area contributed by atoms with Crippen LogP contribution in [-0.2, 0) is 4.79 Å². The zero-order valence-electron chi connectivity index (χ0n) is 11.8. The van der Waals surface area contributed by atoms with Crippen molar-refractivity contribution in [2.24, 2.45) is 5.73 Å². The van der Waals surface area contributed by atoms with E-state index in [-0.39, 0.29) is 5.22 Å². The van der Waals surface area contributed by atoms with Crippen molar-refractivity contribution in [2.75, 3.05) is 0 Å². The van der Waals surface area contributed by atoms with Crippen molar-refractivity contribution < 1.29 is 9.21 Å². The zero-order valence-corrected chi connectivity index (χ0v) is 13.4. The predicted octanol–water partition coefficient (Wildman–Crippen LogP) is 3.71. The molecule has 0 aliphatic carbocycles. The third kappa shape index (κ3) is 3.72. The van der Waals surface area contributed by atoms with Crippen LogP contribution in [0.5, 0.6) is 0 Å². The Kier molecular flexibility index (Phi) is 4.64. The molecule has 3 aromatic rings. The van der Waals surface area contributed by atoms with Gasteiger partial charge in [0, 0.05) is 10.6 Å². The fraction of sp³-hybridized carbons (Fsp3) is 0.0625. The topological polar surface area (TPSA) is 82.0 Å². The largest absolute Gasteiger partial charge is 0.411 e. The Labute approximate surface area is 141 Å². The van der Waals surface area contributed by atoms with Crippen LogP contribution in [0.2, 0.25) is 5.02 Å². The first-order valence-corrected chi connectivity index (χ1v) is 7.99. The highest BCUT2D eigenvalue weighted by atomic mass is 35.5. The quantitative estimate of drug-likeness (QED) is 0.713. The molecular weight excluding hydrogens is 334 g/mol. The summed E-state index contributed by atoms with van der Waals surface area (Å²) in [7, 11) is 0. The smallest absolute Gasteiger partial charge is 0.277 e. The minimum Gasteiger partial charge on any atom is -0.411 e. The van der Waals surface area contributed by atoms with Gasteiger partial charge in [0.25, 0.3) is 5.22 Å². The van der Waals surface area contributed by atoms with Gasteiger partial charge in [-0.1, -0.05) is 48.0 Å². The number of benzene rings is 2. The standard InChI is InChI=1S/C16H12ClN3O2S/c17-12-8-4-7-11(9-12)15-19-20-16(22-15)23-13(14(18)21)10-5-2-1-3-6-10/h1-9,13H,(H2,18,21)/t13-/m0/s1. The number of nitrogens with zero attached hydrogens (tertiary/aromatic N) is 2. The van der Waals surface area contributed by atoms with Crippen molar-refractivity contribution >= 4 is 29.3 Å². The van der Waals surface area contributed by atoms with Gasteiger partial charge >= 0.3 is 0 Å². The van der Waals surface area contributed by atoms with Crippen LogP contribution >= 0.6 is 23.4 Å². The molecule has 2 aromatic carbocycles. The minimum atomic E-state index is -0.594. The molecule has 0 spiro atoms. The SMILES string of the molecule is NC(=O)[C@@H](Sc1nnc(-c2cccc(Cl)c2)o1)c1ccccc1. The van der Waals surface area contributed by atoms with Crippen LogP contribution < -0.4 is 5.73 Å². The van der Waals surface area contributed by atoms with E-state index in [1.54, 1.807) is 18.2 Å². The predicted molar refractivity (Wildman–Crippen MR) is 89.0 cm³/mol. The van der Waals surface area contributed by atoms with Crippen LogP contribution in [0.15, 0.2) is 64.2 Å². The van der Waals surface area contributed by atoms with Crippen LogP contribution in [0, 0.1) is 0 Å². The molecule has 1 heterocycles. The summed E-state index contributed by atoms with van der Waals surface area (Å²) in [4.78, 5) is 11.7. The number of carbonyl (C=O) groups is 1. The van der Waals surface area contributed by atoms with E-state index in [2.05, 4.69) is 10.2 Å². The van der Waals surface area contributed by atoms with Crippen LogP contribution in [-0.4, -0.2) is 16.1 Å². The Hall–Kier alpha value is -2.31. The van der Waals surface area contributed by atoms with Crippen molar-refractivity contribution in [3.63, 3.8) is 0 Å². The number of hydrogen-bond donors (Lipinski definition) is 1. The van der Waals surface area contributed by atoms with Gasteiger partial charge < -0.3 is 10.2 Å². The number of thioether (sulfide) groups is 1. The molecular formula is C16H12ClN3O2S. The summed E-state index contributed by atoms with van der Waals surface area (Å²) >= 11 is 7.07. The van der Waals surface area contributed by atoms with Crippen LogP contribution in [0.4, 0.5) is 0 Å². The molecule has 0 saturated carbocycles. The maximum Gasteiger partial charge on any atom is 0.277 e. The summed E-state index contributed by atoms with van der Waals surface area (Å²) in [5.41, 5.74) is 6.99. The third-order valence-electron chi connectivity index (χ3n) is 3.06. The van der Waals surface area contributed by atoms with E-state index in [0.29, 0.717) is 16.5 Å². The van der Waals surface area contributed by atoms with Crippen molar-refractivity contribution in [1.29, 1.82) is 0 Å². The summed E-state index contributed by atoms with van der Waals surface area (Å²) in [5, 5.41) is 8.21. The lowest BCUT2D eigenvalue weighted by molar-refractivity contribution is -0.117. The molecule has 3 rings (SSSR count). The second-order valence-corrected chi connectivity index (χ2v) is 6.19. The second-order valence-electron chi connectivity index (χ2n) is 4.69. The van der Waals surface area contributed by atoms with Gasteiger partial charge in [-0.05, 0) is 35.5 Å². The van der Waals surface area contributed by atoms with Gasteiger partial charge in [0.2, 0.25) is 11.8 Å². The zero-order chi connectivity index (χ0) is 16.2. The number of rotatable bonds is 5. The van der Waals surface area contributed by atoms with Crippen LogP contribution in [0.1, 0.15) is 10.8 Å². The maximum absolute atomic E-state index is 11.7. The Bertz CT molecular complexity index is 823. The van der Waals surface area contributed by atoms with Crippen LogP contribution in [0.25, 0.3) is 11.5 Å². The molecule has 0 aliphatic heterocycles. The molecule has 0 bridgehead atoms. The maximum atomic E-state index is 11.7. The normalized spacial score (nSPS) is 12.0. The van der Waals surface area contributed by atoms with Gasteiger partial charge in [-0.25, -0.2) is 0 Å². The summed E-state index contributed by atoms with van der Waals surface area (Å²) < 4.78 is 5.60. The number of aromatic nitrogens is 2. The fourth-order valence-corrected chi connectivity index (χ4v) is 3.03. The van der Waals surface area contributed by atoms with E-state index in [0.717, 1.165) is 17.3 Å². The Balaban J connectivity index is 1.84. The third-order valence-corrected chi connectivity index (χ3v) is 4.40. The molecule has 116 valence electrons. The fourth-order valence-electron chi connectivity index (χ4n) is 2.01. The van der Waals surface area contributed by atoms with E-state index in [4.69, 9.17) is 21.8 Å². The number of nitrogens with two attached hydrogens (primary N) is 1. The molecule has 0 fully saturated rings. The van der Waals surface area contributed by atoms with E-state index in [1.807, 2.05) is 36.4 Å². The molecule has 0 radical (unpaired) electrons. The summed E-state index contributed by atoms with van der Waals surface area (Å²) in [6.45, 7) is 0. The highest BCUT2D eigenvalue weighted by Crippen LogP contribution is 2.35. The summed E-state index contributed by atoms with van der Waals surface area (Å²) in [6.07, 6.45) is 0. The molecule has 1 aromatic heterocycles.